The van der Waals surface area contributed by atoms with Crippen LogP contribution in [0.4, 0.5) is 0 Å². The number of thioether (sulfide) groups is 1. The summed E-state index contributed by atoms with van der Waals surface area (Å²) >= 11 is 1.63. The highest BCUT2D eigenvalue weighted by Gasteiger charge is 2.15. The molecule has 0 aliphatic rings. The van der Waals surface area contributed by atoms with Gasteiger partial charge in [0.25, 0.3) is 0 Å². The van der Waals surface area contributed by atoms with Gasteiger partial charge in [-0.1, -0.05) is 72.8 Å². The van der Waals surface area contributed by atoms with Gasteiger partial charge in [-0.25, -0.2) is 4.98 Å². The zero-order valence-corrected chi connectivity index (χ0v) is 19.9. The molecule has 0 radical (unpaired) electrons. The Balaban J connectivity index is 1.48. The van der Waals surface area contributed by atoms with E-state index >= 15 is 0 Å². The molecule has 0 unspecified atom stereocenters. The monoisotopic (exact) mass is 466 g/mol. The molecule has 170 valence electrons. The van der Waals surface area contributed by atoms with Gasteiger partial charge < -0.3 is 9.47 Å². The highest BCUT2D eigenvalue weighted by atomic mass is 32.2. The molecule has 1 aromatic heterocycles. The summed E-state index contributed by atoms with van der Waals surface area (Å²) in [6.07, 6.45) is 1.85. The predicted molar refractivity (Wildman–Crippen MR) is 138 cm³/mol. The standard InChI is InChI=1S/C29H26N2O2S/c1-32-27-16-8-9-17-28(27)33-18-10-11-19-34-29-25(21-30)24(22-12-4-2-5-13-22)20-26(31-29)23-14-6-3-7-15-23/h2-9,12-17,20H,10-11,18-19H2,1H3. The van der Waals surface area contributed by atoms with Crippen molar-refractivity contribution in [1.82, 2.24) is 4.98 Å². The van der Waals surface area contributed by atoms with E-state index in [0.29, 0.717) is 12.2 Å². The number of aromatic nitrogens is 1. The van der Waals surface area contributed by atoms with Crippen LogP contribution >= 0.6 is 11.8 Å². The van der Waals surface area contributed by atoms with Crippen molar-refractivity contribution >= 4 is 11.8 Å². The second kappa shape index (κ2) is 11.9. The summed E-state index contributed by atoms with van der Waals surface area (Å²) in [7, 11) is 1.64. The maximum absolute atomic E-state index is 10.0. The van der Waals surface area contributed by atoms with Crippen LogP contribution in [0.3, 0.4) is 0 Å². The third-order valence-corrected chi connectivity index (χ3v) is 6.42. The summed E-state index contributed by atoms with van der Waals surface area (Å²) in [6.45, 7) is 0.610. The molecule has 4 aromatic rings. The molecule has 5 heteroatoms. The molecule has 3 aromatic carbocycles. The van der Waals surface area contributed by atoms with Crippen molar-refractivity contribution < 1.29 is 9.47 Å². The molecule has 0 fully saturated rings. The molecule has 0 saturated heterocycles. The van der Waals surface area contributed by atoms with Crippen molar-refractivity contribution in [3.8, 4) is 40.0 Å². The lowest BCUT2D eigenvalue weighted by molar-refractivity contribution is 0.288. The van der Waals surface area contributed by atoms with E-state index < -0.39 is 0 Å². The van der Waals surface area contributed by atoms with Crippen LogP contribution in [0.15, 0.2) is 96.0 Å². The minimum atomic E-state index is 0.610. The number of benzene rings is 3. The average Bonchev–Trinajstić information content (AvgIpc) is 2.91. The van der Waals surface area contributed by atoms with Crippen molar-refractivity contribution in [3.05, 3.63) is 96.6 Å². The number of rotatable bonds is 10. The Hall–Kier alpha value is -3.75. The van der Waals surface area contributed by atoms with Gasteiger partial charge in [0.15, 0.2) is 11.5 Å². The van der Waals surface area contributed by atoms with Crippen LogP contribution in [-0.4, -0.2) is 24.5 Å². The third kappa shape index (κ3) is 5.78. The van der Waals surface area contributed by atoms with E-state index in [2.05, 4.69) is 6.07 Å². The van der Waals surface area contributed by atoms with Crippen LogP contribution in [0.1, 0.15) is 18.4 Å². The van der Waals surface area contributed by atoms with Crippen LogP contribution in [-0.2, 0) is 0 Å². The van der Waals surface area contributed by atoms with Gasteiger partial charge in [-0.3, -0.25) is 0 Å². The fraction of sp³-hybridized carbons (Fsp3) is 0.172. The summed E-state index contributed by atoms with van der Waals surface area (Å²) in [5.74, 6) is 2.35. The van der Waals surface area contributed by atoms with Crippen molar-refractivity contribution in [1.29, 1.82) is 5.26 Å². The number of methoxy groups -OCH3 is 1. The number of hydrogen-bond donors (Lipinski definition) is 0. The van der Waals surface area contributed by atoms with Gasteiger partial charge in [-0.15, -0.1) is 11.8 Å². The Labute approximate surface area is 205 Å². The molecule has 1 heterocycles. The van der Waals surface area contributed by atoms with Crippen LogP contribution in [0.25, 0.3) is 22.4 Å². The quantitative estimate of drug-likeness (QED) is 0.182. The van der Waals surface area contributed by atoms with Gasteiger partial charge in [0.05, 0.1) is 25.0 Å². The molecule has 34 heavy (non-hydrogen) atoms. The Morgan fingerprint density at radius 2 is 1.47 bits per heavy atom. The van der Waals surface area contributed by atoms with E-state index in [-0.39, 0.29) is 0 Å². The molecule has 0 bridgehead atoms. The Kier molecular flexibility index (Phi) is 8.21. The van der Waals surface area contributed by atoms with E-state index in [4.69, 9.17) is 14.5 Å². The number of nitriles is 1. The highest BCUT2D eigenvalue weighted by Crippen LogP contribution is 2.34. The van der Waals surface area contributed by atoms with Gasteiger partial charge in [0.2, 0.25) is 0 Å². The first kappa shape index (κ1) is 23.4. The summed E-state index contributed by atoms with van der Waals surface area (Å²) in [4.78, 5) is 4.88. The summed E-state index contributed by atoms with van der Waals surface area (Å²) in [5.41, 5.74) is 4.47. The number of pyridine rings is 1. The van der Waals surface area contributed by atoms with Crippen LogP contribution in [0.2, 0.25) is 0 Å². The summed E-state index contributed by atoms with van der Waals surface area (Å²) in [6, 6.07) is 32.2. The summed E-state index contributed by atoms with van der Waals surface area (Å²) < 4.78 is 11.2. The fourth-order valence-corrected chi connectivity index (χ4v) is 4.63. The largest absolute Gasteiger partial charge is 0.493 e. The number of ether oxygens (including phenoxy) is 2. The van der Waals surface area contributed by atoms with Gasteiger partial charge in [-0.2, -0.15) is 5.26 Å². The number of nitrogens with zero attached hydrogens (tertiary/aromatic N) is 2. The van der Waals surface area contributed by atoms with E-state index in [1.54, 1.807) is 18.9 Å². The van der Waals surface area contributed by atoms with Crippen molar-refractivity contribution in [2.24, 2.45) is 0 Å². The van der Waals surface area contributed by atoms with E-state index in [9.17, 15) is 5.26 Å². The Morgan fingerprint density at radius 3 is 2.15 bits per heavy atom. The van der Waals surface area contributed by atoms with E-state index in [0.717, 1.165) is 57.5 Å². The molecular formula is C29H26N2O2S. The predicted octanol–water partition coefficient (Wildman–Crippen LogP) is 7.25. The molecule has 0 aliphatic carbocycles. The molecule has 0 aliphatic heterocycles. The van der Waals surface area contributed by atoms with Crippen molar-refractivity contribution in [2.75, 3.05) is 19.5 Å². The molecule has 0 saturated carbocycles. The molecule has 4 nitrogen and oxygen atoms in total. The minimum Gasteiger partial charge on any atom is -0.493 e. The first-order valence-corrected chi connectivity index (χ1v) is 12.2. The highest BCUT2D eigenvalue weighted by molar-refractivity contribution is 7.99. The molecule has 4 rings (SSSR count). The SMILES string of the molecule is COc1ccccc1OCCCCSc1nc(-c2ccccc2)cc(-c2ccccc2)c1C#N. The Morgan fingerprint density at radius 1 is 0.824 bits per heavy atom. The number of hydrogen-bond acceptors (Lipinski definition) is 5. The number of para-hydroxylation sites is 2. The van der Waals surface area contributed by atoms with E-state index in [1.165, 1.54) is 0 Å². The zero-order valence-electron chi connectivity index (χ0n) is 19.1. The fourth-order valence-electron chi connectivity index (χ4n) is 3.63. The van der Waals surface area contributed by atoms with Crippen molar-refractivity contribution in [2.45, 2.75) is 17.9 Å². The second-order valence-electron chi connectivity index (χ2n) is 7.63. The summed E-state index contributed by atoms with van der Waals surface area (Å²) in [5, 5.41) is 10.8. The topological polar surface area (TPSA) is 55.1 Å². The molecule has 0 N–H and O–H groups in total. The molecule has 0 spiro atoms. The normalized spacial score (nSPS) is 10.5. The first-order valence-electron chi connectivity index (χ1n) is 11.2. The second-order valence-corrected chi connectivity index (χ2v) is 8.72. The van der Waals surface area contributed by atoms with Gasteiger partial charge in [-0.05, 0) is 42.4 Å². The van der Waals surface area contributed by atoms with Gasteiger partial charge in [0, 0.05) is 11.1 Å². The maximum atomic E-state index is 10.0. The third-order valence-electron chi connectivity index (χ3n) is 5.36. The molecule has 0 amide bonds. The van der Waals surface area contributed by atoms with Crippen LogP contribution in [0.5, 0.6) is 11.5 Å². The zero-order chi connectivity index (χ0) is 23.6. The average molecular weight is 467 g/mol. The number of unbranched alkanes of at least 4 members (excludes halogenated alkanes) is 1. The molecular weight excluding hydrogens is 440 g/mol. The van der Waals surface area contributed by atoms with Crippen LogP contribution < -0.4 is 9.47 Å². The lowest BCUT2D eigenvalue weighted by Crippen LogP contribution is -2.00. The van der Waals surface area contributed by atoms with Gasteiger partial charge >= 0.3 is 0 Å². The lowest BCUT2D eigenvalue weighted by atomic mass is 9.99. The lowest BCUT2D eigenvalue weighted by Gasteiger charge is -2.13. The van der Waals surface area contributed by atoms with E-state index in [1.807, 2.05) is 91.0 Å². The maximum Gasteiger partial charge on any atom is 0.161 e. The first-order chi connectivity index (χ1) is 16.8. The van der Waals surface area contributed by atoms with Crippen LogP contribution in [0, 0.1) is 11.3 Å². The molecule has 0 atom stereocenters. The van der Waals surface area contributed by atoms with Crippen molar-refractivity contribution in [3.63, 3.8) is 0 Å². The Bertz CT molecular complexity index is 1250. The minimum absolute atomic E-state index is 0.610. The smallest absolute Gasteiger partial charge is 0.161 e. The van der Waals surface area contributed by atoms with Gasteiger partial charge in [0.1, 0.15) is 11.1 Å².